The van der Waals surface area contributed by atoms with Gasteiger partial charge in [-0.15, -0.1) is 0 Å². The third kappa shape index (κ3) is 1.21. The van der Waals surface area contributed by atoms with Crippen molar-refractivity contribution in [1.29, 1.82) is 0 Å². The molecule has 0 spiro atoms. The summed E-state index contributed by atoms with van der Waals surface area (Å²) in [4.78, 5) is 0. The van der Waals surface area contributed by atoms with Gasteiger partial charge in [-0.25, -0.2) is 0 Å². The van der Waals surface area contributed by atoms with Gasteiger partial charge in [-0.3, -0.25) is 0 Å². The molecule has 1 fully saturated rings. The van der Waals surface area contributed by atoms with Gasteiger partial charge in [0.2, 0.25) is 0 Å². The number of ether oxygens (including phenoxy) is 1. The summed E-state index contributed by atoms with van der Waals surface area (Å²) < 4.78 is 5.18. The van der Waals surface area contributed by atoms with E-state index in [9.17, 15) is 5.11 Å². The van der Waals surface area contributed by atoms with Crippen LogP contribution < -0.4 is 0 Å². The van der Waals surface area contributed by atoms with Gasteiger partial charge in [0.1, 0.15) is 0 Å². The fourth-order valence-electron chi connectivity index (χ4n) is 2.05. The van der Waals surface area contributed by atoms with Crippen molar-refractivity contribution in [2.45, 2.75) is 19.6 Å². The topological polar surface area (TPSA) is 29.5 Å². The van der Waals surface area contributed by atoms with Crippen molar-refractivity contribution in [2.75, 3.05) is 6.61 Å². The van der Waals surface area contributed by atoms with Gasteiger partial charge in [0, 0.05) is 6.42 Å². The highest BCUT2D eigenvalue weighted by Gasteiger charge is 2.34. The Hall–Kier alpha value is -0.340. The zero-order valence-corrected chi connectivity index (χ0v) is 6.73. The summed E-state index contributed by atoms with van der Waals surface area (Å²) >= 11 is 0. The molecule has 1 unspecified atom stereocenters. The van der Waals surface area contributed by atoms with Gasteiger partial charge < -0.3 is 9.84 Å². The average Bonchev–Trinajstić information content (AvgIpc) is 2.32. The first-order chi connectivity index (χ1) is 5.27. The Morgan fingerprint density at radius 3 is 3.09 bits per heavy atom. The SMILES string of the molecule is C[C@H]1C=C[C@H]2CC(O)OC[C@@H]12. The molecule has 0 aromatic carbocycles. The average molecular weight is 154 g/mol. The Bertz CT molecular complexity index is 176. The monoisotopic (exact) mass is 154 g/mol. The molecule has 2 heteroatoms. The second kappa shape index (κ2) is 2.61. The zero-order valence-electron chi connectivity index (χ0n) is 6.73. The van der Waals surface area contributed by atoms with E-state index in [1.165, 1.54) is 0 Å². The van der Waals surface area contributed by atoms with E-state index in [1.807, 2.05) is 0 Å². The molecule has 4 atom stereocenters. The molecule has 1 aliphatic heterocycles. The zero-order chi connectivity index (χ0) is 7.84. The first-order valence-electron chi connectivity index (χ1n) is 4.25. The van der Waals surface area contributed by atoms with Gasteiger partial charge in [0.15, 0.2) is 6.29 Å². The minimum atomic E-state index is -0.522. The lowest BCUT2D eigenvalue weighted by Crippen LogP contribution is -2.32. The van der Waals surface area contributed by atoms with Crippen LogP contribution in [0, 0.1) is 17.8 Å². The minimum absolute atomic E-state index is 0.522. The highest BCUT2D eigenvalue weighted by Crippen LogP contribution is 2.37. The molecule has 0 aromatic heterocycles. The van der Waals surface area contributed by atoms with Gasteiger partial charge in [-0.1, -0.05) is 19.1 Å². The Balaban J connectivity index is 2.05. The van der Waals surface area contributed by atoms with Gasteiger partial charge in [0.25, 0.3) is 0 Å². The summed E-state index contributed by atoms with van der Waals surface area (Å²) in [5, 5.41) is 9.19. The molecule has 0 saturated carbocycles. The first-order valence-corrected chi connectivity index (χ1v) is 4.25. The Labute approximate surface area is 66.9 Å². The lowest BCUT2D eigenvalue weighted by atomic mass is 9.86. The van der Waals surface area contributed by atoms with Crippen LogP contribution in [0.4, 0.5) is 0 Å². The normalized spacial score (nSPS) is 49.3. The van der Waals surface area contributed by atoms with Crippen LogP contribution in [0.3, 0.4) is 0 Å². The number of aliphatic hydroxyl groups is 1. The van der Waals surface area contributed by atoms with Gasteiger partial charge in [0.05, 0.1) is 6.61 Å². The summed E-state index contributed by atoms with van der Waals surface area (Å²) in [6.45, 7) is 2.93. The number of aliphatic hydroxyl groups excluding tert-OH is 1. The molecule has 0 bridgehead atoms. The fourth-order valence-corrected chi connectivity index (χ4v) is 2.05. The Morgan fingerprint density at radius 2 is 2.27 bits per heavy atom. The van der Waals surface area contributed by atoms with Crippen LogP contribution in [0.1, 0.15) is 13.3 Å². The lowest BCUT2D eigenvalue weighted by molar-refractivity contribution is -0.154. The second-order valence-electron chi connectivity index (χ2n) is 3.60. The standard InChI is InChI=1S/C9H14O2/c1-6-2-3-7-4-9(10)11-5-8(6)7/h2-3,6-10H,4-5H2,1H3/t6-,7-,8-,9?/m0/s1. The number of allylic oxidation sites excluding steroid dienone is 2. The summed E-state index contributed by atoms with van der Waals surface area (Å²) in [7, 11) is 0. The third-order valence-corrected chi connectivity index (χ3v) is 2.84. The van der Waals surface area contributed by atoms with Crippen molar-refractivity contribution < 1.29 is 9.84 Å². The van der Waals surface area contributed by atoms with E-state index in [-0.39, 0.29) is 0 Å². The summed E-state index contributed by atoms with van der Waals surface area (Å²) in [5.74, 6) is 1.82. The number of rotatable bonds is 0. The van der Waals surface area contributed by atoms with Crippen LogP contribution in [0.15, 0.2) is 12.2 Å². The molecule has 1 saturated heterocycles. The van der Waals surface area contributed by atoms with Crippen LogP contribution >= 0.6 is 0 Å². The molecule has 2 rings (SSSR count). The van der Waals surface area contributed by atoms with E-state index in [2.05, 4.69) is 19.1 Å². The predicted molar refractivity (Wildman–Crippen MR) is 41.9 cm³/mol. The van der Waals surface area contributed by atoms with Crippen LogP contribution in [0.5, 0.6) is 0 Å². The van der Waals surface area contributed by atoms with E-state index in [1.54, 1.807) is 0 Å². The van der Waals surface area contributed by atoms with E-state index < -0.39 is 6.29 Å². The maximum atomic E-state index is 9.19. The van der Waals surface area contributed by atoms with Crippen molar-refractivity contribution in [1.82, 2.24) is 0 Å². The molecule has 0 aromatic rings. The van der Waals surface area contributed by atoms with E-state index in [4.69, 9.17) is 4.74 Å². The van der Waals surface area contributed by atoms with Gasteiger partial charge >= 0.3 is 0 Å². The number of fused-ring (bicyclic) bond motifs is 1. The first kappa shape index (κ1) is 7.32. The van der Waals surface area contributed by atoms with Crippen molar-refractivity contribution in [3.63, 3.8) is 0 Å². The van der Waals surface area contributed by atoms with Crippen molar-refractivity contribution in [2.24, 2.45) is 17.8 Å². The molecular weight excluding hydrogens is 140 g/mol. The fraction of sp³-hybridized carbons (Fsp3) is 0.778. The van der Waals surface area contributed by atoms with Gasteiger partial charge in [-0.05, 0) is 17.8 Å². The van der Waals surface area contributed by atoms with Crippen molar-refractivity contribution >= 4 is 0 Å². The van der Waals surface area contributed by atoms with Crippen LogP contribution in [0.25, 0.3) is 0 Å². The molecule has 1 aliphatic carbocycles. The quantitative estimate of drug-likeness (QED) is 0.530. The largest absolute Gasteiger partial charge is 0.368 e. The Morgan fingerprint density at radius 1 is 1.45 bits per heavy atom. The molecule has 0 amide bonds. The number of hydrogen-bond donors (Lipinski definition) is 1. The van der Waals surface area contributed by atoms with Crippen LogP contribution in [-0.2, 0) is 4.74 Å². The summed E-state index contributed by atoms with van der Waals surface area (Å²) in [6.07, 6.45) is 4.72. The summed E-state index contributed by atoms with van der Waals surface area (Å²) in [5.41, 5.74) is 0. The van der Waals surface area contributed by atoms with Crippen LogP contribution in [0.2, 0.25) is 0 Å². The van der Waals surface area contributed by atoms with Crippen molar-refractivity contribution in [3.05, 3.63) is 12.2 Å². The van der Waals surface area contributed by atoms with Gasteiger partial charge in [-0.2, -0.15) is 0 Å². The molecule has 1 N–H and O–H groups in total. The molecule has 2 nitrogen and oxygen atoms in total. The van der Waals surface area contributed by atoms with E-state index in [0.29, 0.717) is 17.8 Å². The smallest absolute Gasteiger partial charge is 0.155 e. The molecule has 2 aliphatic rings. The molecule has 11 heavy (non-hydrogen) atoms. The lowest BCUT2D eigenvalue weighted by Gasteiger charge is -2.31. The van der Waals surface area contributed by atoms with E-state index in [0.717, 1.165) is 13.0 Å². The number of hydrogen-bond acceptors (Lipinski definition) is 2. The predicted octanol–water partition coefficient (Wildman–Crippen LogP) is 1.16. The minimum Gasteiger partial charge on any atom is -0.368 e. The second-order valence-corrected chi connectivity index (χ2v) is 3.60. The highest BCUT2D eigenvalue weighted by atomic mass is 16.6. The molecule has 0 radical (unpaired) electrons. The molecule has 1 heterocycles. The Kier molecular flexibility index (Phi) is 1.74. The van der Waals surface area contributed by atoms with E-state index >= 15 is 0 Å². The molecular formula is C9H14O2. The summed E-state index contributed by atoms with van der Waals surface area (Å²) in [6, 6.07) is 0. The van der Waals surface area contributed by atoms with Crippen LogP contribution in [-0.4, -0.2) is 18.0 Å². The highest BCUT2D eigenvalue weighted by molar-refractivity contribution is 5.06. The maximum absolute atomic E-state index is 9.19. The third-order valence-electron chi connectivity index (χ3n) is 2.84. The van der Waals surface area contributed by atoms with Crippen molar-refractivity contribution in [3.8, 4) is 0 Å². The molecule has 62 valence electrons. The maximum Gasteiger partial charge on any atom is 0.155 e.